The molecule has 4 aromatic rings. The number of nitrogens with zero attached hydrogens (tertiary/aromatic N) is 3. The molecule has 7 heteroatoms. The molecule has 0 spiro atoms. The Morgan fingerprint density at radius 3 is 2.78 bits per heavy atom. The minimum Gasteiger partial charge on any atom is -0.508 e. The lowest BCUT2D eigenvalue weighted by atomic mass is 10.1. The van der Waals surface area contributed by atoms with E-state index in [1.54, 1.807) is 24.4 Å². The predicted octanol–water partition coefficient (Wildman–Crippen LogP) is 3.58. The number of H-pyrrole nitrogens is 1. The lowest BCUT2D eigenvalue weighted by Crippen LogP contribution is -2.14. The Labute approximate surface area is 154 Å². The number of phenolic OH excluding ortho intramolecular Hbond substituents is 1. The highest BCUT2D eigenvalue weighted by atomic mass is 16.3. The fourth-order valence-corrected chi connectivity index (χ4v) is 3.34. The summed E-state index contributed by atoms with van der Waals surface area (Å²) in [4.78, 5) is 13.0. The molecular formula is C20H17N5O2. The first-order valence-corrected chi connectivity index (χ1v) is 8.82. The van der Waals surface area contributed by atoms with Crippen LogP contribution >= 0.6 is 0 Å². The van der Waals surface area contributed by atoms with E-state index in [1.807, 2.05) is 35.0 Å². The fraction of sp³-hybridized carbons (Fsp3) is 0.150. The standard InChI is InChI=1S/C20H17N5O2/c26-14-8-9-15-17(10-14)23-24-19(15)22-20(27)16-11-21-25(18(16)12-6-7-12)13-4-2-1-3-5-13/h1-5,8-12,26H,6-7H2,(H2,22,23,24,27). The molecule has 134 valence electrons. The molecule has 27 heavy (non-hydrogen) atoms. The van der Waals surface area contributed by atoms with Crippen molar-refractivity contribution in [2.24, 2.45) is 0 Å². The monoisotopic (exact) mass is 359 g/mol. The number of aromatic nitrogens is 4. The van der Waals surface area contributed by atoms with Crippen LogP contribution in [0.4, 0.5) is 5.82 Å². The molecular weight excluding hydrogens is 342 g/mol. The van der Waals surface area contributed by atoms with Gasteiger partial charge >= 0.3 is 0 Å². The minimum absolute atomic E-state index is 0.143. The van der Waals surface area contributed by atoms with Gasteiger partial charge in [-0.3, -0.25) is 9.89 Å². The summed E-state index contributed by atoms with van der Waals surface area (Å²) in [6.45, 7) is 0. The van der Waals surface area contributed by atoms with E-state index in [0.717, 1.165) is 29.6 Å². The Hall–Kier alpha value is -3.61. The molecule has 2 heterocycles. The zero-order valence-corrected chi connectivity index (χ0v) is 14.4. The molecule has 0 aliphatic heterocycles. The number of hydrogen-bond donors (Lipinski definition) is 3. The van der Waals surface area contributed by atoms with Crippen LogP contribution in [0.2, 0.25) is 0 Å². The van der Waals surface area contributed by atoms with Gasteiger partial charge in [-0.25, -0.2) is 4.68 Å². The maximum Gasteiger partial charge on any atom is 0.260 e. The maximum atomic E-state index is 13.0. The van der Waals surface area contributed by atoms with Crippen LogP contribution in [0.1, 0.15) is 34.8 Å². The first-order chi connectivity index (χ1) is 13.2. The summed E-state index contributed by atoms with van der Waals surface area (Å²) >= 11 is 0. The van der Waals surface area contributed by atoms with E-state index in [9.17, 15) is 9.90 Å². The van der Waals surface area contributed by atoms with Gasteiger partial charge in [0.1, 0.15) is 5.75 Å². The highest BCUT2D eigenvalue weighted by Crippen LogP contribution is 2.42. The van der Waals surface area contributed by atoms with Gasteiger partial charge in [0.15, 0.2) is 5.82 Å². The second-order valence-electron chi connectivity index (χ2n) is 6.72. The van der Waals surface area contributed by atoms with Crippen LogP contribution < -0.4 is 5.32 Å². The third-order valence-corrected chi connectivity index (χ3v) is 4.79. The van der Waals surface area contributed by atoms with Crippen molar-refractivity contribution < 1.29 is 9.90 Å². The number of phenols is 1. The second kappa shape index (κ2) is 5.98. The van der Waals surface area contributed by atoms with Crippen molar-refractivity contribution in [3.05, 3.63) is 66.0 Å². The van der Waals surface area contributed by atoms with E-state index in [2.05, 4.69) is 20.6 Å². The summed E-state index contributed by atoms with van der Waals surface area (Å²) in [5.41, 5.74) is 3.11. The molecule has 1 amide bonds. The van der Waals surface area contributed by atoms with E-state index < -0.39 is 0 Å². The van der Waals surface area contributed by atoms with Crippen LogP contribution in [-0.4, -0.2) is 31.0 Å². The Kier molecular flexibility index (Phi) is 3.46. The van der Waals surface area contributed by atoms with Crippen molar-refractivity contribution in [2.75, 3.05) is 5.32 Å². The van der Waals surface area contributed by atoms with Crippen molar-refractivity contribution in [3.63, 3.8) is 0 Å². The Morgan fingerprint density at radius 2 is 2.00 bits per heavy atom. The number of carbonyl (C=O) groups excluding carboxylic acids is 1. The zero-order valence-electron chi connectivity index (χ0n) is 14.4. The van der Waals surface area contributed by atoms with Gasteiger partial charge in [-0.15, -0.1) is 0 Å². The summed E-state index contributed by atoms with van der Waals surface area (Å²) in [5.74, 6) is 0.690. The normalized spacial score (nSPS) is 13.8. The molecule has 0 unspecified atom stereocenters. The second-order valence-corrected chi connectivity index (χ2v) is 6.72. The minimum atomic E-state index is -0.236. The molecule has 3 N–H and O–H groups in total. The molecule has 2 aromatic carbocycles. The molecule has 2 aromatic heterocycles. The molecule has 1 aliphatic rings. The first-order valence-electron chi connectivity index (χ1n) is 8.82. The van der Waals surface area contributed by atoms with E-state index in [-0.39, 0.29) is 11.7 Å². The average molecular weight is 359 g/mol. The number of aromatic amines is 1. The van der Waals surface area contributed by atoms with E-state index in [0.29, 0.717) is 22.8 Å². The van der Waals surface area contributed by atoms with Gasteiger partial charge in [0.05, 0.1) is 28.7 Å². The third-order valence-electron chi connectivity index (χ3n) is 4.79. The summed E-state index contributed by atoms with van der Waals surface area (Å²) in [5, 5.41) is 24.6. The van der Waals surface area contributed by atoms with Crippen molar-refractivity contribution in [2.45, 2.75) is 18.8 Å². The molecule has 1 fully saturated rings. The number of benzene rings is 2. The van der Waals surface area contributed by atoms with Gasteiger partial charge in [0.2, 0.25) is 0 Å². The molecule has 1 saturated carbocycles. The number of fused-ring (bicyclic) bond motifs is 1. The molecule has 0 saturated heterocycles. The molecule has 0 bridgehead atoms. The molecule has 1 aliphatic carbocycles. The van der Waals surface area contributed by atoms with Crippen molar-refractivity contribution in [1.29, 1.82) is 0 Å². The lowest BCUT2D eigenvalue weighted by molar-refractivity contribution is 0.102. The summed E-state index contributed by atoms with van der Waals surface area (Å²) in [7, 11) is 0. The fourth-order valence-electron chi connectivity index (χ4n) is 3.34. The van der Waals surface area contributed by atoms with Gasteiger partial charge in [-0.1, -0.05) is 18.2 Å². The number of amides is 1. The Bertz CT molecular complexity index is 1140. The largest absolute Gasteiger partial charge is 0.508 e. The van der Waals surface area contributed by atoms with Gasteiger partial charge < -0.3 is 10.4 Å². The molecule has 5 rings (SSSR count). The third kappa shape index (κ3) is 2.73. The van der Waals surface area contributed by atoms with Crippen molar-refractivity contribution in [3.8, 4) is 11.4 Å². The van der Waals surface area contributed by atoms with Crippen LogP contribution in [0, 0.1) is 0 Å². The lowest BCUT2D eigenvalue weighted by Gasteiger charge is -2.09. The van der Waals surface area contributed by atoms with Crippen molar-refractivity contribution >= 4 is 22.6 Å². The number of hydrogen-bond acceptors (Lipinski definition) is 4. The topological polar surface area (TPSA) is 95.8 Å². The molecule has 0 atom stereocenters. The number of anilines is 1. The van der Waals surface area contributed by atoms with Gasteiger partial charge in [0, 0.05) is 17.4 Å². The molecule has 0 radical (unpaired) electrons. The number of aromatic hydroxyl groups is 1. The van der Waals surface area contributed by atoms with Crippen LogP contribution in [0.25, 0.3) is 16.6 Å². The maximum absolute atomic E-state index is 13.0. The van der Waals surface area contributed by atoms with E-state index in [4.69, 9.17) is 0 Å². The number of nitrogens with one attached hydrogen (secondary N) is 2. The zero-order chi connectivity index (χ0) is 18.4. The SMILES string of the molecule is O=C(Nc1n[nH]c2cc(O)ccc12)c1cnn(-c2ccccc2)c1C1CC1. The average Bonchev–Trinajstić information content (AvgIpc) is 3.31. The first kappa shape index (κ1) is 15.6. The van der Waals surface area contributed by atoms with Gasteiger partial charge in [-0.05, 0) is 37.1 Å². The van der Waals surface area contributed by atoms with Gasteiger partial charge in [-0.2, -0.15) is 10.2 Å². The number of carbonyl (C=O) groups is 1. The summed E-state index contributed by atoms with van der Waals surface area (Å²) in [6.07, 6.45) is 3.74. The highest BCUT2D eigenvalue weighted by molar-refractivity contribution is 6.08. The summed E-state index contributed by atoms with van der Waals surface area (Å²) in [6, 6.07) is 14.7. The predicted molar refractivity (Wildman–Crippen MR) is 101 cm³/mol. The smallest absolute Gasteiger partial charge is 0.260 e. The van der Waals surface area contributed by atoms with E-state index in [1.165, 1.54) is 0 Å². The number of rotatable bonds is 4. The van der Waals surface area contributed by atoms with Gasteiger partial charge in [0.25, 0.3) is 5.91 Å². The van der Waals surface area contributed by atoms with Crippen molar-refractivity contribution in [1.82, 2.24) is 20.0 Å². The Morgan fingerprint density at radius 1 is 1.19 bits per heavy atom. The van der Waals surface area contributed by atoms with Crippen LogP contribution in [0.5, 0.6) is 5.75 Å². The quantitative estimate of drug-likeness (QED) is 0.519. The number of para-hydroxylation sites is 1. The highest BCUT2D eigenvalue weighted by Gasteiger charge is 2.33. The van der Waals surface area contributed by atoms with E-state index >= 15 is 0 Å². The van der Waals surface area contributed by atoms with Crippen LogP contribution in [0.15, 0.2) is 54.7 Å². The Balaban J connectivity index is 1.51. The van der Waals surface area contributed by atoms with Crippen LogP contribution in [-0.2, 0) is 0 Å². The molecule has 7 nitrogen and oxygen atoms in total. The summed E-state index contributed by atoms with van der Waals surface area (Å²) < 4.78 is 1.85. The van der Waals surface area contributed by atoms with Crippen LogP contribution in [0.3, 0.4) is 0 Å².